The minimum atomic E-state index is -2.01. The molecule has 0 aromatic heterocycles. The summed E-state index contributed by atoms with van der Waals surface area (Å²) in [6.07, 6.45) is -2.16. The molecule has 1 rings (SSSR count). The molecule has 0 aromatic rings. The third-order valence-corrected chi connectivity index (χ3v) is 2.65. The molecule has 17 heavy (non-hydrogen) atoms. The Kier molecular flexibility index (Phi) is 4.14. The largest absolute Gasteiger partial charge is 0.464 e. The molecule has 0 bridgehead atoms. The van der Waals surface area contributed by atoms with Crippen LogP contribution in [0.1, 0.15) is 27.7 Å². The Labute approximate surface area is 100 Å². The van der Waals surface area contributed by atoms with Gasteiger partial charge >= 0.3 is 5.97 Å². The molecule has 6 nitrogen and oxygen atoms in total. The van der Waals surface area contributed by atoms with Crippen LogP contribution < -0.4 is 0 Å². The van der Waals surface area contributed by atoms with Crippen molar-refractivity contribution in [3.05, 3.63) is 0 Å². The summed E-state index contributed by atoms with van der Waals surface area (Å²) in [6, 6.07) is 0. The number of hydrogen-bond donors (Lipinski definition) is 2. The van der Waals surface area contributed by atoms with Gasteiger partial charge in [0.2, 0.25) is 0 Å². The molecule has 1 saturated heterocycles. The number of carbonyl (C=O) groups is 1. The van der Waals surface area contributed by atoms with Crippen molar-refractivity contribution < 1.29 is 29.2 Å². The lowest BCUT2D eigenvalue weighted by molar-refractivity contribution is -0.195. The molecule has 0 saturated carbocycles. The van der Waals surface area contributed by atoms with Crippen LogP contribution in [0.5, 0.6) is 0 Å². The molecule has 100 valence electrons. The number of carbonyl (C=O) groups excluding carboxylic acids is 1. The first kappa shape index (κ1) is 14.4. The second-order valence-electron chi connectivity index (χ2n) is 4.68. The SMILES string of the molecule is CCOC(=O)C(C)(O)[C@H](O)[C@H]1COC(C)(C)O1. The number of aliphatic hydroxyl groups is 2. The Hall–Kier alpha value is -0.690. The summed E-state index contributed by atoms with van der Waals surface area (Å²) < 4.78 is 15.3. The van der Waals surface area contributed by atoms with Crippen molar-refractivity contribution >= 4 is 5.97 Å². The summed E-state index contributed by atoms with van der Waals surface area (Å²) in [5, 5.41) is 19.9. The summed E-state index contributed by atoms with van der Waals surface area (Å²) in [5.74, 6) is -1.70. The minimum Gasteiger partial charge on any atom is -0.464 e. The van der Waals surface area contributed by atoms with E-state index in [0.29, 0.717) is 0 Å². The van der Waals surface area contributed by atoms with E-state index in [0.717, 1.165) is 0 Å². The van der Waals surface area contributed by atoms with Gasteiger partial charge in [-0.15, -0.1) is 0 Å². The summed E-state index contributed by atoms with van der Waals surface area (Å²) in [5.41, 5.74) is -2.01. The topological polar surface area (TPSA) is 85.2 Å². The minimum absolute atomic E-state index is 0.115. The van der Waals surface area contributed by atoms with E-state index in [-0.39, 0.29) is 13.2 Å². The van der Waals surface area contributed by atoms with Crippen molar-refractivity contribution in [2.24, 2.45) is 0 Å². The van der Waals surface area contributed by atoms with Crippen LogP contribution in [-0.4, -0.2) is 53.0 Å². The van der Waals surface area contributed by atoms with E-state index in [2.05, 4.69) is 0 Å². The van der Waals surface area contributed by atoms with Gasteiger partial charge in [0.05, 0.1) is 13.2 Å². The highest BCUT2D eigenvalue weighted by atomic mass is 16.7. The van der Waals surface area contributed by atoms with Crippen molar-refractivity contribution in [3.63, 3.8) is 0 Å². The van der Waals surface area contributed by atoms with Crippen LogP contribution in [0.2, 0.25) is 0 Å². The molecule has 0 radical (unpaired) electrons. The third-order valence-electron chi connectivity index (χ3n) is 2.65. The zero-order valence-corrected chi connectivity index (χ0v) is 10.6. The zero-order chi connectivity index (χ0) is 13.3. The molecule has 6 heteroatoms. The van der Waals surface area contributed by atoms with E-state index < -0.39 is 29.6 Å². The summed E-state index contributed by atoms with van der Waals surface area (Å²) in [4.78, 5) is 11.5. The fraction of sp³-hybridized carbons (Fsp3) is 0.909. The molecule has 0 aliphatic carbocycles. The van der Waals surface area contributed by atoms with Gasteiger partial charge in [0, 0.05) is 0 Å². The molecular weight excluding hydrogens is 228 g/mol. The van der Waals surface area contributed by atoms with Gasteiger partial charge in [-0.05, 0) is 27.7 Å². The predicted molar refractivity (Wildman–Crippen MR) is 58.2 cm³/mol. The molecule has 0 amide bonds. The van der Waals surface area contributed by atoms with Crippen LogP contribution in [0.25, 0.3) is 0 Å². The van der Waals surface area contributed by atoms with Crippen LogP contribution >= 0.6 is 0 Å². The summed E-state index contributed by atoms with van der Waals surface area (Å²) >= 11 is 0. The standard InChI is InChI=1S/C11H20O6/c1-5-15-9(13)11(4,14)8(12)7-6-16-10(2,3)17-7/h7-8,12,14H,5-6H2,1-4H3/t7-,8-,11?/m1/s1. The van der Waals surface area contributed by atoms with E-state index in [9.17, 15) is 15.0 Å². The lowest BCUT2D eigenvalue weighted by atomic mass is 9.95. The van der Waals surface area contributed by atoms with E-state index in [1.54, 1.807) is 20.8 Å². The van der Waals surface area contributed by atoms with Crippen LogP contribution in [0.3, 0.4) is 0 Å². The second kappa shape index (κ2) is 4.89. The lowest BCUT2D eigenvalue weighted by Gasteiger charge is -2.30. The van der Waals surface area contributed by atoms with Gasteiger partial charge in [0.15, 0.2) is 11.4 Å². The van der Waals surface area contributed by atoms with Gasteiger partial charge in [-0.25, -0.2) is 4.79 Å². The van der Waals surface area contributed by atoms with Crippen molar-refractivity contribution in [2.75, 3.05) is 13.2 Å². The maximum Gasteiger partial charge on any atom is 0.340 e. The van der Waals surface area contributed by atoms with Gasteiger partial charge in [-0.1, -0.05) is 0 Å². The highest BCUT2D eigenvalue weighted by Crippen LogP contribution is 2.28. The van der Waals surface area contributed by atoms with Crippen LogP contribution in [0.15, 0.2) is 0 Å². The Morgan fingerprint density at radius 1 is 1.65 bits per heavy atom. The van der Waals surface area contributed by atoms with E-state index in [1.165, 1.54) is 6.92 Å². The van der Waals surface area contributed by atoms with Crippen LogP contribution in [-0.2, 0) is 19.0 Å². The van der Waals surface area contributed by atoms with Gasteiger partial charge < -0.3 is 24.4 Å². The highest BCUT2D eigenvalue weighted by Gasteiger charge is 2.48. The summed E-state index contributed by atoms with van der Waals surface area (Å²) in [7, 11) is 0. The Morgan fingerprint density at radius 2 is 2.24 bits per heavy atom. The predicted octanol–water partition coefficient (Wildman–Crippen LogP) is -0.187. The molecule has 0 spiro atoms. The number of esters is 1. The highest BCUT2D eigenvalue weighted by molar-refractivity contribution is 5.79. The molecular formula is C11H20O6. The lowest BCUT2D eigenvalue weighted by Crippen LogP contribution is -2.54. The average molecular weight is 248 g/mol. The molecule has 1 aliphatic rings. The first-order valence-corrected chi connectivity index (χ1v) is 5.60. The van der Waals surface area contributed by atoms with E-state index >= 15 is 0 Å². The Morgan fingerprint density at radius 3 is 2.65 bits per heavy atom. The normalized spacial score (nSPS) is 28.5. The third kappa shape index (κ3) is 3.16. The summed E-state index contributed by atoms with van der Waals surface area (Å²) in [6.45, 7) is 6.46. The van der Waals surface area contributed by atoms with Gasteiger partial charge in [-0.2, -0.15) is 0 Å². The van der Waals surface area contributed by atoms with Crippen molar-refractivity contribution in [1.29, 1.82) is 0 Å². The molecule has 2 N–H and O–H groups in total. The molecule has 0 aromatic carbocycles. The van der Waals surface area contributed by atoms with Gasteiger partial charge in [0.1, 0.15) is 12.2 Å². The van der Waals surface area contributed by atoms with Crippen molar-refractivity contribution in [2.45, 2.75) is 51.3 Å². The Bertz CT molecular complexity index is 286. The van der Waals surface area contributed by atoms with Gasteiger partial charge in [0.25, 0.3) is 0 Å². The number of hydrogen-bond acceptors (Lipinski definition) is 6. The number of aliphatic hydroxyl groups excluding tert-OH is 1. The molecule has 1 aliphatic heterocycles. The number of rotatable bonds is 4. The molecule has 3 atom stereocenters. The quantitative estimate of drug-likeness (QED) is 0.671. The fourth-order valence-electron chi connectivity index (χ4n) is 1.63. The maximum absolute atomic E-state index is 11.5. The molecule has 1 heterocycles. The molecule has 1 fully saturated rings. The average Bonchev–Trinajstić information content (AvgIpc) is 2.58. The van der Waals surface area contributed by atoms with Gasteiger partial charge in [-0.3, -0.25) is 0 Å². The fourth-order valence-corrected chi connectivity index (χ4v) is 1.63. The monoisotopic (exact) mass is 248 g/mol. The Balaban J connectivity index is 2.69. The molecule has 1 unspecified atom stereocenters. The van der Waals surface area contributed by atoms with E-state index in [1.807, 2.05) is 0 Å². The first-order chi connectivity index (χ1) is 7.70. The first-order valence-electron chi connectivity index (χ1n) is 5.60. The van der Waals surface area contributed by atoms with E-state index in [4.69, 9.17) is 14.2 Å². The van der Waals surface area contributed by atoms with Crippen molar-refractivity contribution in [3.8, 4) is 0 Å². The maximum atomic E-state index is 11.5. The smallest absolute Gasteiger partial charge is 0.340 e. The van der Waals surface area contributed by atoms with Crippen LogP contribution in [0, 0.1) is 0 Å². The zero-order valence-electron chi connectivity index (χ0n) is 10.6. The van der Waals surface area contributed by atoms with Crippen LogP contribution in [0.4, 0.5) is 0 Å². The van der Waals surface area contributed by atoms with Crippen molar-refractivity contribution in [1.82, 2.24) is 0 Å². The number of ether oxygens (including phenoxy) is 3. The second-order valence-corrected chi connectivity index (χ2v) is 4.68.